The molecule has 31 heavy (non-hydrogen) atoms. The number of hydrogen-bond acceptors (Lipinski definition) is 6. The van der Waals surface area contributed by atoms with E-state index in [0.29, 0.717) is 24.6 Å². The Morgan fingerprint density at radius 2 is 2.00 bits per heavy atom. The largest absolute Gasteiger partial charge is 0.397 e. The van der Waals surface area contributed by atoms with Crippen molar-refractivity contribution in [2.75, 3.05) is 32.0 Å². The maximum atomic E-state index is 12.4. The number of halogens is 3. The number of fused-ring (bicyclic) bond motifs is 1. The molecule has 2 aromatic rings. The van der Waals surface area contributed by atoms with E-state index in [1.54, 1.807) is 19.4 Å². The van der Waals surface area contributed by atoms with Crippen LogP contribution in [0.4, 0.5) is 19.0 Å². The average molecular weight is 435 g/mol. The summed E-state index contributed by atoms with van der Waals surface area (Å²) in [6.07, 6.45) is 0.101. The van der Waals surface area contributed by atoms with Gasteiger partial charge in [0.15, 0.2) is 0 Å². The minimum absolute atomic E-state index is 0.0578. The van der Waals surface area contributed by atoms with Crippen LogP contribution in [0.15, 0.2) is 48.9 Å². The smallest absolute Gasteiger partial charge is 0.390 e. The fourth-order valence-corrected chi connectivity index (χ4v) is 3.74. The van der Waals surface area contributed by atoms with Gasteiger partial charge in [0.2, 0.25) is 0 Å². The molecule has 168 valence electrons. The maximum Gasteiger partial charge on any atom is 0.390 e. The van der Waals surface area contributed by atoms with E-state index >= 15 is 0 Å². The third-order valence-electron chi connectivity index (χ3n) is 5.48. The molecule has 5 N–H and O–H groups in total. The molecule has 0 bridgehead atoms. The maximum absolute atomic E-state index is 12.4. The van der Waals surface area contributed by atoms with E-state index in [0.717, 1.165) is 34.9 Å². The zero-order chi connectivity index (χ0) is 22.6. The molecule has 6 nitrogen and oxygen atoms in total. The fraction of sp³-hybridized carbons (Fsp3) is 0.409. The second kappa shape index (κ2) is 9.57. The van der Waals surface area contributed by atoms with E-state index in [2.05, 4.69) is 16.9 Å². The molecule has 0 amide bonds. The van der Waals surface area contributed by atoms with Crippen molar-refractivity contribution >= 4 is 22.3 Å². The van der Waals surface area contributed by atoms with E-state index in [9.17, 15) is 13.2 Å². The lowest BCUT2D eigenvalue weighted by Gasteiger charge is -2.33. The van der Waals surface area contributed by atoms with Crippen LogP contribution in [-0.4, -0.2) is 47.8 Å². The number of nitrogens with zero attached hydrogens (tertiary/aromatic N) is 3. The van der Waals surface area contributed by atoms with Gasteiger partial charge in [-0.2, -0.15) is 13.2 Å². The zero-order valence-electron chi connectivity index (χ0n) is 17.6. The Labute approximate surface area is 180 Å². The molecule has 1 aliphatic heterocycles. The summed E-state index contributed by atoms with van der Waals surface area (Å²) in [5.74, 6) is 6.50. The third kappa shape index (κ3) is 6.60. The van der Waals surface area contributed by atoms with Crippen molar-refractivity contribution in [2.24, 2.45) is 17.5 Å². The van der Waals surface area contributed by atoms with E-state index in [1.807, 2.05) is 29.2 Å². The minimum Gasteiger partial charge on any atom is -0.397 e. The molecule has 3 rings (SSSR count). The minimum atomic E-state index is -4.11. The highest BCUT2D eigenvalue weighted by molar-refractivity contribution is 5.87. The van der Waals surface area contributed by atoms with Crippen molar-refractivity contribution in [1.29, 1.82) is 0 Å². The number of nitrogens with two attached hydrogens (primary N) is 2. The van der Waals surface area contributed by atoms with Gasteiger partial charge in [0.1, 0.15) is 5.82 Å². The number of pyridine rings is 1. The zero-order valence-corrected chi connectivity index (χ0v) is 17.6. The Hall–Kier alpha value is -2.78. The highest BCUT2D eigenvalue weighted by Crippen LogP contribution is 2.28. The first kappa shape index (κ1) is 22.9. The molecule has 9 heteroatoms. The summed E-state index contributed by atoms with van der Waals surface area (Å²) in [6, 6.07) is 7.77. The van der Waals surface area contributed by atoms with Crippen LogP contribution in [0.1, 0.15) is 24.8 Å². The van der Waals surface area contributed by atoms with E-state index < -0.39 is 12.6 Å². The highest BCUT2D eigenvalue weighted by Gasteiger charge is 2.29. The van der Waals surface area contributed by atoms with Gasteiger partial charge in [-0.3, -0.25) is 0 Å². The summed E-state index contributed by atoms with van der Waals surface area (Å²) in [6.45, 7) is 5.47. The molecule has 0 unspecified atom stereocenters. The number of piperidine rings is 1. The SMILES string of the molecule is C=C(Nc1cc2cc(/C(N)=C/N(C)N)ccc2cn1)C1CCN(CCC(F)(F)F)CC1. The molecule has 2 heterocycles. The number of hydrazine groups is 1. The van der Waals surface area contributed by atoms with Gasteiger partial charge in [0.05, 0.1) is 12.1 Å². The Bertz CT molecular complexity index is 946. The molecular formula is C22H29F3N6. The molecule has 1 aromatic heterocycles. The predicted molar refractivity (Wildman–Crippen MR) is 118 cm³/mol. The topological polar surface area (TPSA) is 83.4 Å². The molecule has 0 radical (unpaired) electrons. The fourth-order valence-electron chi connectivity index (χ4n) is 3.74. The molecule has 0 aliphatic carbocycles. The molecule has 1 saturated heterocycles. The van der Waals surface area contributed by atoms with Crippen molar-refractivity contribution in [3.05, 3.63) is 54.5 Å². The Kier molecular flexibility index (Phi) is 7.07. The normalized spacial score (nSPS) is 16.5. The number of hydrogen-bond donors (Lipinski definition) is 3. The quantitative estimate of drug-likeness (QED) is 0.453. The number of rotatable bonds is 7. The number of likely N-dealkylation sites (tertiary alicyclic amines) is 1. The van der Waals surface area contributed by atoms with Crippen LogP contribution in [0, 0.1) is 5.92 Å². The molecule has 1 aliphatic rings. The van der Waals surface area contributed by atoms with Crippen molar-refractivity contribution < 1.29 is 13.2 Å². The molecule has 1 aromatic carbocycles. The van der Waals surface area contributed by atoms with Gasteiger partial charge in [-0.1, -0.05) is 18.7 Å². The summed E-state index contributed by atoms with van der Waals surface area (Å²) in [5, 5.41) is 6.63. The highest BCUT2D eigenvalue weighted by atomic mass is 19.4. The van der Waals surface area contributed by atoms with Crippen LogP contribution in [0.2, 0.25) is 0 Å². The Balaban J connectivity index is 1.62. The van der Waals surface area contributed by atoms with Gasteiger partial charge in [-0.15, -0.1) is 0 Å². The lowest BCUT2D eigenvalue weighted by atomic mass is 9.94. The average Bonchev–Trinajstić information content (AvgIpc) is 2.71. The van der Waals surface area contributed by atoms with E-state index in [1.165, 1.54) is 5.01 Å². The first-order chi connectivity index (χ1) is 14.6. The third-order valence-corrected chi connectivity index (χ3v) is 5.48. The van der Waals surface area contributed by atoms with Crippen molar-refractivity contribution in [2.45, 2.75) is 25.4 Å². The summed E-state index contributed by atoms with van der Waals surface area (Å²) < 4.78 is 37.3. The lowest BCUT2D eigenvalue weighted by Crippen LogP contribution is -2.37. The van der Waals surface area contributed by atoms with Gasteiger partial charge in [-0.25, -0.2) is 10.8 Å². The predicted octanol–water partition coefficient (Wildman–Crippen LogP) is 3.89. The summed E-state index contributed by atoms with van der Waals surface area (Å²) in [4.78, 5) is 6.32. The molecule has 0 atom stereocenters. The number of benzene rings is 1. The van der Waals surface area contributed by atoms with Crippen molar-refractivity contribution in [3.63, 3.8) is 0 Å². The van der Waals surface area contributed by atoms with E-state index in [-0.39, 0.29) is 12.5 Å². The second-order valence-corrected chi connectivity index (χ2v) is 8.01. The summed E-state index contributed by atoms with van der Waals surface area (Å²) in [5.41, 5.74) is 8.33. The van der Waals surface area contributed by atoms with Gasteiger partial charge in [0, 0.05) is 43.0 Å². The molecular weight excluding hydrogens is 405 g/mol. The summed E-state index contributed by atoms with van der Waals surface area (Å²) >= 11 is 0. The number of aromatic nitrogens is 1. The number of alkyl halides is 3. The van der Waals surface area contributed by atoms with Gasteiger partial charge in [0.25, 0.3) is 0 Å². The van der Waals surface area contributed by atoms with E-state index in [4.69, 9.17) is 11.6 Å². The first-order valence-electron chi connectivity index (χ1n) is 10.2. The van der Waals surface area contributed by atoms with Crippen LogP contribution in [0.5, 0.6) is 0 Å². The number of allylic oxidation sites excluding steroid dienone is 1. The second-order valence-electron chi connectivity index (χ2n) is 8.01. The van der Waals surface area contributed by atoms with Gasteiger partial charge >= 0.3 is 6.18 Å². The number of anilines is 1. The summed E-state index contributed by atoms with van der Waals surface area (Å²) in [7, 11) is 1.70. The Morgan fingerprint density at radius 1 is 1.29 bits per heavy atom. The van der Waals surface area contributed by atoms with Crippen LogP contribution < -0.4 is 16.9 Å². The molecule has 0 saturated carbocycles. The van der Waals surface area contributed by atoms with Crippen LogP contribution in [-0.2, 0) is 0 Å². The monoisotopic (exact) mass is 434 g/mol. The number of nitrogens with one attached hydrogen (secondary N) is 1. The first-order valence-corrected chi connectivity index (χ1v) is 10.2. The molecule has 1 fully saturated rings. The van der Waals surface area contributed by atoms with Gasteiger partial charge in [-0.05, 0) is 49.0 Å². The van der Waals surface area contributed by atoms with Gasteiger partial charge < -0.3 is 21.0 Å². The molecule has 0 spiro atoms. The van der Waals surface area contributed by atoms with Crippen molar-refractivity contribution in [3.8, 4) is 0 Å². The lowest BCUT2D eigenvalue weighted by molar-refractivity contribution is -0.138. The Morgan fingerprint density at radius 3 is 2.65 bits per heavy atom. The standard InChI is InChI=1S/C22H29F3N6/c1-15(16-5-8-31(9-6-16)10-7-22(23,24)25)29-21-12-19-11-17(20(26)14-30(2)27)3-4-18(19)13-28-21/h3-4,11-14,16H,1,5-10,26-27H2,2H3,(H,28,29)/b20-14-. The van der Waals surface area contributed by atoms with Crippen LogP contribution in [0.25, 0.3) is 16.5 Å². The van der Waals surface area contributed by atoms with Crippen LogP contribution in [0.3, 0.4) is 0 Å². The van der Waals surface area contributed by atoms with Crippen LogP contribution >= 0.6 is 0 Å². The van der Waals surface area contributed by atoms with Crippen molar-refractivity contribution in [1.82, 2.24) is 14.9 Å².